The molecule has 0 aromatic rings. The Balaban J connectivity index is 1.91. The van der Waals surface area contributed by atoms with Crippen molar-refractivity contribution in [2.75, 3.05) is 20.1 Å². The predicted octanol–water partition coefficient (Wildman–Crippen LogP) is 3.91. The summed E-state index contributed by atoms with van der Waals surface area (Å²) in [6.45, 7) is 9.72. The molecule has 0 aromatic carbocycles. The van der Waals surface area contributed by atoms with Gasteiger partial charge in [-0.05, 0) is 56.9 Å². The van der Waals surface area contributed by atoms with Gasteiger partial charge in [-0.2, -0.15) is 0 Å². The maximum atomic E-state index is 3.61. The molecule has 0 bridgehead atoms. The minimum atomic E-state index is 0.761. The van der Waals surface area contributed by atoms with E-state index in [-0.39, 0.29) is 0 Å². The molecule has 2 aliphatic carbocycles. The van der Waals surface area contributed by atoms with Gasteiger partial charge in [0.2, 0.25) is 0 Å². The van der Waals surface area contributed by atoms with Gasteiger partial charge in [-0.1, -0.05) is 33.6 Å². The van der Waals surface area contributed by atoms with Gasteiger partial charge in [0.25, 0.3) is 0 Å². The van der Waals surface area contributed by atoms with Crippen LogP contribution in [0.15, 0.2) is 0 Å². The SMILES string of the molecule is CCCC1CCC(NC)C(CN(CC(C)C)C2CC2)C1. The number of hydrogen-bond acceptors (Lipinski definition) is 2. The second-order valence-electron chi connectivity index (χ2n) is 7.70. The van der Waals surface area contributed by atoms with E-state index in [0.717, 1.165) is 29.8 Å². The zero-order valence-corrected chi connectivity index (χ0v) is 14.2. The van der Waals surface area contributed by atoms with Crippen LogP contribution in [0.4, 0.5) is 0 Å². The van der Waals surface area contributed by atoms with E-state index >= 15 is 0 Å². The maximum absolute atomic E-state index is 3.61. The van der Waals surface area contributed by atoms with Gasteiger partial charge in [-0.3, -0.25) is 4.90 Å². The Kier molecular flexibility index (Phi) is 6.35. The molecular formula is C18H36N2. The van der Waals surface area contributed by atoms with E-state index in [0.29, 0.717) is 0 Å². The Hall–Kier alpha value is -0.0800. The first kappa shape index (κ1) is 16.3. The maximum Gasteiger partial charge on any atom is 0.0105 e. The number of rotatable bonds is 8. The lowest BCUT2D eigenvalue weighted by Gasteiger charge is -2.39. The largest absolute Gasteiger partial charge is 0.317 e. The van der Waals surface area contributed by atoms with Gasteiger partial charge in [0.1, 0.15) is 0 Å². The Labute approximate surface area is 126 Å². The highest BCUT2D eigenvalue weighted by atomic mass is 15.2. The molecule has 0 radical (unpaired) electrons. The van der Waals surface area contributed by atoms with E-state index in [4.69, 9.17) is 0 Å². The summed E-state index contributed by atoms with van der Waals surface area (Å²) in [5.74, 6) is 2.68. The van der Waals surface area contributed by atoms with Gasteiger partial charge in [-0.25, -0.2) is 0 Å². The second kappa shape index (κ2) is 7.79. The van der Waals surface area contributed by atoms with Crippen molar-refractivity contribution in [1.82, 2.24) is 10.2 Å². The van der Waals surface area contributed by atoms with Crippen LogP contribution in [-0.4, -0.2) is 37.1 Å². The lowest BCUT2D eigenvalue weighted by atomic mass is 9.76. The van der Waals surface area contributed by atoms with Gasteiger partial charge in [0, 0.05) is 25.2 Å². The molecule has 2 aliphatic rings. The van der Waals surface area contributed by atoms with Gasteiger partial charge in [-0.15, -0.1) is 0 Å². The van der Waals surface area contributed by atoms with Gasteiger partial charge < -0.3 is 5.32 Å². The molecule has 0 aliphatic heterocycles. The monoisotopic (exact) mass is 280 g/mol. The molecule has 2 heteroatoms. The second-order valence-corrected chi connectivity index (χ2v) is 7.70. The molecule has 2 rings (SSSR count). The molecule has 0 heterocycles. The van der Waals surface area contributed by atoms with Crippen LogP contribution in [0.3, 0.4) is 0 Å². The quantitative estimate of drug-likeness (QED) is 0.725. The van der Waals surface area contributed by atoms with E-state index in [1.165, 1.54) is 58.0 Å². The first-order valence-electron chi connectivity index (χ1n) is 9.05. The molecular weight excluding hydrogens is 244 g/mol. The van der Waals surface area contributed by atoms with Crippen molar-refractivity contribution < 1.29 is 0 Å². The number of hydrogen-bond donors (Lipinski definition) is 1. The summed E-state index contributed by atoms with van der Waals surface area (Å²) in [7, 11) is 2.17. The fraction of sp³-hybridized carbons (Fsp3) is 1.00. The molecule has 20 heavy (non-hydrogen) atoms. The smallest absolute Gasteiger partial charge is 0.0105 e. The van der Waals surface area contributed by atoms with E-state index in [2.05, 4.69) is 38.0 Å². The molecule has 0 spiro atoms. The van der Waals surface area contributed by atoms with Crippen LogP contribution >= 0.6 is 0 Å². The average molecular weight is 281 g/mol. The summed E-state index contributed by atoms with van der Waals surface area (Å²) in [4.78, 5) is 2.81. The minimum absolute atomic E-state index is 0.761. The van der Waals surface area contributed by atoms with E-state index in [1.54, 1.807) is 0 Å². The lowest BCUT2D eigenvalue weighted by molar-refractivity contribution is 0.126. The van der Waals surface area contributed by atoms with Crippen LogP contribution in [0.1, 0.15) is 65.7 Å². The fourth-order valence-electron chi connectivity index (χ4n) is 4.20. The van der Waals surface area contributed by atoms with Crippen molar-refractivity contribution in [2.24, 2.45) is 17.8 Å². The first-order valence-corrected chi connectivity index (χ1v) is 9.05. The number of nitrogens with zero attached hydrogens (tertiary/aromatic N) is 1. The molecule has 1 N–H and O–H groups in total. The zero-order valence-electron chi connectivity index (χ0n) is 14.2. The van der Waals surface area contributed by atoms with Crippen molar-refractivity contribution in [2.45, 2.75) is 77.8 Å². The van der Waals surface area contributed by atoms with E-state index in [1.807, 2.05) is 0 Å². The van der Waals surface area contributed by atoms with Crippen molar-refractivity contribution in [3.8, 4) is 0 Å². The summed E-state index contributed by atoms with van der Waals surface area (Å²) >= 11 is 0. The highest BCUT2D eigenvalue weighted by Gasteiger charge is 2.35. The normalized spacial score (nSPS) is 31.2. The van der Waals surface area contributed by atoms with Crippen LogP contribution in [-0.2, 0) is 0 Å². The Morgan fingerprint density at radius 2 is 1.90 bits per heavy atom. The molecule has 0 aromatic heterocycles. The highest BCUT2D eigenvalue weighted by molar-refractivity contribution is 4.91. The molecule has 3 atom stereocenters. The predicted molar refractivity (Wildman–Crippen MR) is 88.0 cm³/mol. The summed E-state index contributed by atoms with van der Waals surface area (Å²) in [5.41, 5.74) is 0. The summed E-state index contributed by atoms with van der Waals surface area (Å²) < 4.78 is 0. The van der Waals surface area contributed by atoms with Gasteiger partial charge >= 0.3 is 0 Å². The van der Waals surface area contributed by atoms with Crippen molar-refractivity contribution >= 4 is 0 Å². The van der Waals surface area contributed by atoms with Crippen molar-refractivity contribution in [3.05, 3.63) is 0 Å². The fourth-order valence-corrected chi connectivity index (χ4v) is 4.20. The molecule has 2 fully saturated rings. The Bertz CT molecular complexity index is 273. The molecule has 0 saturated heterocycles. The summed E-state index contributed by atoms with van der Waals surface area (Å²) in [5, 5.41) is 3.61. The molecule has 2 saturated carbocycles. The molecule has 0 amide bonds. The van der Waals surface area contributed by atoms with Crippen LogP contribution in [0.2, 0.25) is 0 Å². The van der Waals surface area contributed by atoms with Crippen LogP contribution < -0.4 is 5.32 Å². The summed E-state index contributed by atoms with van der Waals surface area (Å²) in [6.07, 6.45) is 10.0. The lowest BCUT2D eigenvalue weighted by Crippen LogP contribution is -2.46. The average Bonchev–Trinajstić information content (AvgIpc) is 3.22. The third-order valence-corrected chi connectivity index (χ3v) is 5.29. The zero-order chi connectivity index (χ0) is 14.5. The van der Waals surface area contributed by atoms with Crippen LogP contribution in [0.5, 0.6) is 0 Å². The van der Waals surface area contributed by atoms with Crippen LogP contribution in [0.25, 0.3) is 0 Å². The summed E-state index contributed by atoms with van der Waals surface area (Å²) in [6, 6.07) is 1.68. The van der Waals surface area contributed by atoms with Crippen LogP contribution in [0, 0.1) is 17.8 Å². The topological polar surface area (TPSA) is 15.3 Å². The van der Waals surface area contributed by atoms with E-state index in [9.17, 15) is 0 Å². The Morgan fingerprint density at radius 1 is 1.15 bits per heavy atom. The number of nitrogens with one attached hydrogen (secondary N) is 1. The molecule has 2 nitrogen and oxygen atoms in total. The minimum Gasteiger partial charge on any atom is -0.317 e. The third-order valence-electron chi connectivity index (χ3n) is 5.29. The standard InChI is InChI=1S/C18H36N2/c1-5-6-15-7-10-18(19-4)16(11-15)13-20(12-14(2)3)17-8-9-17/h14-19H,5-13H2,1-4H3. The first-order chi connectivity index (χ1) is 9.63. The molecule has 118 valence electrons. The van der Waals surface area contributed by atoms with Crippen molar-refractivity contribution in [3.63, 3.8) is 0 Å². The Morgan fingerprint density at radius 3 is 2.45 bits per heavy atom. The van der Waals surface area contributed by atoms with Gasteiger partial charge in [0.05, 0.1) is 0 Å². The third kappa shape index (κ3) is 4.73. The van der Waals surface area contributed by atoms with Crippen molar-refractivity contribution in [1.29, 1.82) is 0 Å². The van der Waals surface area contributed by atoms with E-state index < -0.39 is 0 Å². The van der Waals surface area contributed by atoms with Gasteiger partial charge in [0.15, 0.2) is 0 Å². The highest BCUT2D eigenvalue weighted by Crippen LogP contribution is 2.35. The molecule has 3 unspecified atom stereocenters.